The van der Waals surface area contributed by atoms with Gasteiger partial charge in [-0.3, -0.25) is 0 Å². The average Bonchev–Trinajstić information content (AvgIpc) is 2.80. The van der Waals surface area contributed by atoms with Crippen molar-refractivity contribution in [2.24, 2.45) is 0 Å². The molecule has 0 heterocycles. The Morgan fingerprint density at radius 3 is 1.62 bits per heavy atom. The number of ether oxygens (including phenoxy) is 2. The lowest BCUT2D eigenvalue weighted by Gasteiger charge is -2.36. The van der Waals surface area contributed by atoms with Crippen LogP contribution in [0, 0.1) is 0 Å². The smallest absolute Gasteiger partial charge is 0.434 e. The van der Waals surface area contributed by atoms with E-state index in [-0.39, 0.29) is 12.0 Å². The van der Waals surface area contributed by atoms with E-state index < -0.39 is 6.16 Å². The summed E-state index contributed by atoms with van der Waals surface area (Å²) >= 11 is 0. The zero-order chi connectivity index (χ0) is 20.4. The zero-order valence-corrected chi connectivity index (χ0v) is 16.5. The first-order valence-electron chi connectivity index (χ1n) is 9.84. The van der Waals surface area contributed by atoms with E-state index in [1.807, 2.05) is 18.2 Å². The quantitative estimate of drug-likeness (QED) is 0.192. The highest BCUT2D eigenvalue weighted by Gasteiger charge is 2.35. The van der Waals surface area contributed by atoms with Gasteiger partial charge in [-0.25, -0.2) is 4.79 Å². The van der Waals surface area contributed by atoms with Crippen LogP contribution in [0.25, 0.3) is 0 Å². The first kappa shape index (κ1) is 20.4. The molecule has 0 saturated heterocycles. The Morgan fingerprint density at radius 1 is 0.759 bits per heavy atom. The second-order valence-electron chi connectivity index (χ2n) is 6.81. The molecule has 0 aliphatic heterocycles. The third-order valence-corrected chi connectivity index (χ3v) is 5.03. The van der Waals surface area contributed by atoms with Crippen LogP contribution in [0.2, 0.25) is 0 Å². The van der Waals surface area contributed by atoms with Gasteiger partial charge < -0.3 is 9.47 Å². The Kier molecular flexibility index (Phi) is 7.23. The molecule has 0 radical (unpaired) electrons. The topological polar surface area (TPSA) is 35.5 Å². The zero-order valence-electron chi connectivity index (χ0n) is 16.5. The van der Waals surface area contributed by atoms with Crippen LogP contribution in [0.4, 0.5) is 4.79 Å². The fourth-order valence-corrected chi connectivity index (χ4v) is 3.76. The van der Waals surface area contributed by atoms with E-state index in [2.05, 4.69) is 79.4 Å². The van der Waals surface area contributed by atoms with Crippen LogP contribution in [0.15, 0.2) is 104 Å². The lowest BCUT2D eigenvalue weighted by Crippen LogP contribution is -2.30. The third-order valence-electron chi connectivity index (χ3n) is 5.03. The van der Waals surface area contributed by atoms with E-state index in [1.165, 1.54) is 22.8 Å². The van der Waals surface area contributed by atoms with Gasteiger partial charge in [0, 0.05) is 5.41 Å². The molecule has 0 saturated carbocycles. The molecule has 0 unspecified atom stereocenters. The van der Waals surface area contributed by atoms with Gasteiger partial charge in [-0.05, 0) is 29.5 Å². The molecule has 0 bridgehead atoms. The summed E-state index contributed by atoms with van der Waals surface area (Å²) in [5, 5.41) is 0. The first-order chi connectivity index (χ1) is 14.3. The lowest BCUT2D eigenvalue weighted by molar-refractivity contribution is 0.0614. The Hall–Kier alpha value is -3.33. The maximum Gasteiger partial charge on any atom is 0.508 e. The van der Waals surface area contributed by atoms with Crippen LogP contribution < -0.4 is 0 Å². The Balaban J connectivity index is 1.93. The number of carbonyl (C=O) groups is 1. The predicted molar refractivity (Wildman–Crippen MR) is 116 cm³/mol. The molecular weight excluding hydrogens is 360 g/mol. The van der Waals surface area contributed by atoms with Crippen molar-refractivity contribution in [1.82, 2.24) is 0 Å². The molecule has 0 amide bonds. The molecule has 148 valence electrons. The number of hydrogen-bond donors (Lipinski definition) is 0. The van der Waals surface area contributed by atoms with E-state index >= 15 is 0 Å². The van der Waals surface area contributed by atoms with E-state index in [0.29, 0.717) is 13.0 Å². The van der Waals surface area contributed by atoms with Crippen LogP contribution in [-0.4, -0.2) is 19.4 Å². The maximum absolute atomic E-state index is 11.6. The molecule has 0 atom stereocenters. The van der Waals surface area contributed by atoms with Crippen molar-refractivity contribution in [1.29, 1.82) is 0 Å². The third kappa shape index (κ3) is 4.94. The summed E-state index contributed by atoms with van der Waals surface area (Å²) in [6.45, 7) is 3.98. The predicted octanol–water partition coefficient (Wildman–Crippen LogP) is 6.14. The van der Waals surface area contributed by atoms with Crippen molar-refractivity contribution in [3.8, 4) is 0 Å². The van der Waals surface area contributed by atoms with Gasteiger partial charge >= 0.3 is 6.16 Å². The van der Waals surface area contributed by atoms with Crippen LogP contribution in [0.3, 0.4) is 0 Å². The minimum absolute atomic E-state index is 0.154. The van der Waals surface area contributed by atoms with Gasteiger partial charge in [0.15, 0.2) is 0 Å². The van der Waals surface area contributed by atoms with Crippen LogP contribution in [-0.2, 0) is 14.9 Å². The van der Waals surface area contributed by atoms with Gasteiger partial charge in [0.05, 0.1) is 6.61 Å². The molecule has 0 N–H and O–H groups in total. The SMILES string of the molecule is C=CCOC(=O)OCCCC(c1ccccc1)(c1ccccc1)c1ccccc1. The summed E-state index contributed by atoms with van der Waals surface area (Å²) in [5.74, 6) is 0. The van der Waals surface area contributed by atoms with E-state index in [4.69, 9.17) is 9.47 Å². The normalized spacial score (nSPS) is 10.9. The van der Waals surface area contributed by atoms with Crippen molar-refractivity contribution in [2.45, 2.75) is 18.3 Å². The minimum atomic E-state index is -0.658. The molecule has 3 aromatic carbocycles. The highest BCUT2D eigenvalue weighted by molar-refractivity contribution is 5.59. The summed E-state index contributed by atoms with van der Waals surface area (Å²) in [5.41, 5.74) is 3.31. The molecule has 0 spiro atoms. The molecule has 29 heavy (non-hydrogen) atoms. The summed E-state index contributed by atoms with van der Waals surface area (Å²) in [7, 11) is 0. The first-order valence-corrected chi connectivity index (χ1v) is 9.84. The average molecular weight is 386 g/mol. The molecular formula is C26H26O3. The number of hydrogen-bond acceptors (Lipinski definition) is 3. The summed E-state index contributed by atoms with van der Waals surface area (Å²) in [6.07, 6.45) is 2.35. The van der Waals surface area contributed by atoms with Crippen molar-refractivity contribution in [2.75, 3.05) is 13.2 Å². The van der Waals surface area contributed by atoms with Crippen molar-refractivity contribution in [3.05, 3.63) is 120 Å². The lowest BCUT2D eigenvalue weighted by atomic mass is 9.67. The van der Waals surface area contributed by atoms with E-state index in [0.717, 1.165) is 6.42 Å². The van der Waals surface area contributed by atoms with Gasteiger partial charge in [-0.1, -0.05) is 104 Å². The molecule has 3 rings (SSSR count). The fourth-order valence-electron chi connectivity index (χ4n) is 3.76. The monoisotopic (exact) mass is 386 g/mol. The van der Waals surface area contributed by atoms with Gasteiger partial charge in [0.1, 0.15) is 6.61 Å². The Morgan fingerprint density at radius 2 is 1.21 bits per heavy atom. The Labute approximate surface area is 172 Å². The van der Waals surface area contributed by atoms with Crippen molar-refractivity contribution in [3.63, 3.8) is 0 Å². The number of benzene rings is 3. The van der Waals surface area contributed by atoms with Gasteiger partial charge in [0.2, 0.25) is 0 Å². The molecule has 3 aromatic rings. The largest absolute Gasteiger partial charge is 0.508 e. The summed E-state index contributed by atoms with van der Waals surface area (Å²) in [6, 6.07) is 31.5. The van der Waals surface area contributed by atoms with E-state index in [1.54, 1.807) is 0 Å². The standard InChI is InChI=1S/C26H26O3/c1-2-20-28-25(27)29-21-12-19-26(22-13-6-3-7-14-22,23-15-8-4-9-16-23)24-17-10-5-11-18-24/h2-11,13-18H,1,12,19-21H2. The highest BCUT2D eigenvalue weighted by atomic mass is 16.7. The van der Waals surface area contributed by atoms with E-state index in [9.17, 15) is 4.79 Å². The molecule has 0 aliphatic rings. The maximum atomic E-state index is 11.6. The van der Waals surface area contributed by atoms with Crippen molar-refractivity contribution < 1.29 is 14.3 Å². The van der Waals surface area contributed by atoms with Crippen LogP contribution >= 0.6 is 0 Å². The van der Waals surface area contributed by atoms with Gasteiger partial charge in [0.25, 0.3) is 0 Å². The second-order valence-corrected chi connectivity index (χ2v) is 6.81. The van der Waals surface area contributed by atoms with Crippen LogP contribution in [0.1, 0.15) is 29.5 Å². The number of carbonyl (C=O) groups excluding carboxylic acids is 1. The molecule has 3 heteroatoms. The van der Waals surface area contributed by atoms with Crippen molar-refractivity contribution >= 4 is 6.16 Å². The molecule has 3 nitrogen and oxygen atoms in total. The van der Waals surface area contributed by atoms with Gasteiger partial charge in [-0.15, -0.1) is 0 Å². The molecule has 0 fully saturated rings. The second kappa shape index (κ2) is 10.3. The molecule has 0 aliphatic carbocycles. The van der Waals surface area contributed by atoms with Crippen LogP contribution in [0.5, 0.6) is 0 Å². The number of rotatable bonds is 9. The fraction of sp³-hybridized carbons (Fsp3) is 0.192. The minimum Gasteiger partial charge on any atom is -0.434 e. The Bertz CT molecular complexity index is 792. The highest BCUT2D eigenvalue weighted by Crippen LogP contribution is 2.42. The van der Waals surface area contributed by atoms with Gasteiger partial charge in [-0.2, -0.15) is 0 Å². The molecule has 0 aromatic heterocycles. The summed E-state index contributed by atoms with van der Waals surface area (Å²) < 4.78 is 10.1. The summed E-state index contributed by atoms with van der Waals surface area (Å²) in [4.78, 5) is 11.6.